The van der Waals surface area contributed by atoms with Gasteiger partial charge in [0.1, 0.15) is 24.2 Å². The van der Waals surface area contributed by atoms with Gasteiger partial charge in [-0.1, -0.05) is 13.8 Å². The number of rotatable bonds is 13. The van der Waals surface area contributed by atoms with Gasteiger partial charge >= 0.3 is 5.97 Å². The maximum atomic E-state index is 12.5. The number of primary amides is 1. The van der Waals surface area contributed by atoms with Crippen molar-refractivity contribution in [2.45, 2.75) is 50.9 Å². The van der Waals surface area contributed by atoms with Crippen molar-refractivity contribution in [1.82, 2.24) is 16.0 Å². The van der Waals surface area contributed by atoms with E-state index in [0.29, 0.717) is 0 Å². The SMILES string of the molecule is CC(C)C(NC(=O)C(CCC(N)=O)NC(=O)C(CO)NC(=O)C(N)CO)C(=O)O. The minimum atomic E-state index is -1.50. The first-order valence-electron chi connectivity index (χ1n) is 8.84. The zero-order valence-electron chi connectivity index (χ0n) is 16.3. The third-order valence-electron chi connectivity index (χ3n) is 3.89. The Hall–Kier alpha value is -2.77. The lowest BCUT2D eigenvalue weighted by Gasteiger charge is -2.25. The molecule has 13 heteroatoms. The molecule has 0 saturated carbocycles. The van der Waals surface area contributed by atoms with Gasteiger partial charge in [-0.3, -0.25) is 19.2 Å². The van der Waals surface area contributed by atoms with Gasteiger partial charge in [0.15, 0.2) is 0 Å². The Balaban J connectivity index is 5.30. The first kappa shape index (κ1) is 26.2. The molecule has 166 valence electrons. The van der Waals surface area contributed by atoms with Crippen molar-refractivity contribution in [2.24, 2.45) is 17.4 Å². The Bertz CT molecular complexity index is 612. The molecule has 0 aromatic heterocycles. The van der Waals surface area contributed by atoms with E-state index in [4.69, 9.17) is 16.6 Å². The van der Waals surface area contributed by atoms with E-state index in [1.54, 1.807) is 13.8 Å². The summed E-state index contributed by atoms with van der Waals surface area (Å²) in [7, 11) is 0. The van der Waals surface area contributed by atoms with Gasteiger partial charge in [0.05, 0.1) is 13.2 Å². The molecule has 4 atom stereocenters. The first-order chi connectivity index (χ1) is 13.4. The Morgan fingerprint density at radius 2 is 1.38 bits per heavy atom. The van der Waals surface area contributed by atoms with Crippen LogP contribution in [-0.2, 0) is 24.0 Å². The molecule has 0 saturated heterocycles. The van der Waals surface area contributed by atoms with Crippen LogP contribution in [0, 0.1) is 5.92 Å². The number of carboxylic acids is 1. The van der Waals surface area contributed by atoms with Gasteiger partial charge in [-0.25, -0.2) is 4.79 Å². The predicted molar refractivity (Wildman–Crippen MR) is 98.8 cm³/mol. The zero-order valence-corrected chi connectivity index (χ0v) is 16.3. The fraction of sp³-hybridized carbons (Fsp3) is 0.688. The van der Waals surface area contributed by atoms with Gasteiger partial charge in [-0.15, -0.1) is 0 Å². The smallest absolute Gasteiger partial charge is 0.326 e. The summed E-state index contributed by atoms with van der Waals surface area (Å²) in [6.07, 6.45) is -0.525. The van der Waals surface area contributed by atoms with Crippen LogP contribution >= 0.6 is 0 Å². The van der Waals surface area contributed by atoms with Crippen molar-refractivity contribution in [3.8, 4) is 0 Å². The van der Waals surface area contributed by atoms with E-state index < -0.39 is 72.9 Å². The summed E-state index contributed by atoms with van der Waals surface area (Å²) in [5.41, 5.74) is 10.4. The van der Waals surface area contributed by atoms with Crippen LogP contribution in [0.4, 0.5) is 0 Å². The van der Waals surface area contributed by atoms with Crippen molar-refractivity contribution in [2.75, 3.05) is 13.2 Å². The highest BCUT2D eigenvalue weighted by Gasteiger charge is 2.31. The van der Waals surface area contributed by atoms with Gasteiger partial charge in [-0.05, 0) is 12.3 Å². The van der Waals surface area contributed by atoms with Gasteiger partial charge in [0, 0.05) is 6.42 Å². The standard InChI is InChI=1S/C16H29N5O8/c1-7(2)12(16(28)29)21-14(26)9(3-4-11(18)24)19-15(27)10(6-23)20-13(25)8(17)5-22/h7-10,12,22-23H,3-6,17H2,1-2H3,(H2,18,24)(H,19,27)(H,20,25)(H,21,26)(H,28,29). The number of aliphatic carboxylic acids is 1. The molecule has 0 radical (unpaired) electrons. The quantitative estimate of drug-likeness (QED) is 0.144. The maximum absolute atomic E-state index is 12.5. The number of hydrogen-bond donors (Lipinski definition) is 8. The second-order valence-corrected chi connectivity index (χ2v) is 6.67. The molecule has 0 spiro atoms. The van der Waals surface area contributed by atoms with E-state index in [9.17, 15) is 34.2 Å². The molecule has 4 amide bonds. The maximum Gasteiger partial charge on any atom is 0.326 e. The van der Waals surface area contributed by atoms with Crippen LogP contribution < -0.4 is 27.4 Å². The van der Waals surface area contributed by atoms with Crippen molar-refractivity contribution < 1.29 is 39.3 Å². The Kier molecular flexibility index (Phi) is 11.4. The molecule has 13 nitrogen and oxygen atoms in total. The number of carbonyl (C=O) groups is 5. The fourth-order valence-corrected chi connectivity index (χ4v) is 2.15. The zero-order chi connectivity index (χ0) is 22.7. The van der Waals surface area contributed by atoms with Gasteiger partial charge in [0.2, 0.25) is 23.6 Å². The summed E-state index contributed by atoms with van der Waals surface area (Å²) in [5.74, 6) is -5.27. The normalized spacial score (nSPS) is 15.0. The molecule has 0 rings (SSSR count). The van der Waals surface area contributed by atoms with E-state index in [1.165, 1.54) is 0 Å². The third kappa shape index (κ3) is 9.32. The number of carboxylic acid groups (broad SMARTS) is 1. The summed E-state index contributed by atoms with van der Waals surface area (Å²) < 4.78 is 0. The minimum absolute atomic E-state index is 0.237. The minimum Gasteiger partial charge on any atom is -0.480 e. The average molecular weight is 419 g/mol. The highest BCUT2D eigenvalue weighted by atomic mass is 16.4. The number of nitrogens with one attached hydrogen (secondary N) is 3. The highest BCUT2D eigenvalue weighted by molar-refractivity contribution is 5.94. The molecule has 0 aromatic carbocycles. The number of nitrogens with two attached hydrogens (primary N) is 2. The molecule has 0 aromatic rings. The summed E-state index contributed by atoms with van der Waals surface area (Å²) in [6.45, 7) is 1.60. The highest BCUT2D eigenvalue weighted by Crippen LogP contribution is 2.05. The second-order valence-electron chi connectivity index (χ2n) is 6.67. The van der Waals surface area contributed by atoms with E-state index >= 15 is 0 Å². The van der Waals surface area contributed by atoms with Crippen LogP contribution in [0.3, 0.4) is 0 Å². The monoisotopic (exact) mass is 419 g/mol. The number of aliphatic hydroxyl groups excluding tert-OH is 2. The number of carbonyl (C=O) groups excluding carboxylic acids is 4. The van der Waals surface area contributed by atoms with E-state index in [0.717, 1.165) is 0 Å². The summed E-state index contributed by atoms with van der Waals surface area (Å²) >= 11 is 0. The number of aliphatic hydroxyl groups is 2. The predicted octanol–water partition coefficient (Wildman–Crippen LogP) is -4.24. The molecular weight excluding hydrogens is 390 g/mol. The number of amides is 4. The van der Waals surface area contributed by atoms with Gasteiger partial charge in [-0.2, -0.15) is 0 Å². The molecular formula is C16H29N5O8. The van der Waals surface area contributed by atoms with Crippen molar-refractivity contribution in [3.63, 3.8) is 0 Å². The van der Waals surface area contributed by atoms with Crippen molar-refractivity contribution in [3.05, 3.63) is 0 Å². The first-order valence-corrected chi connectivity index (χ1v) is 8.84. The Labute approximate surface area is 167 Å². The summed E-state index contributed by atoms with van der Waals surface area (Å²) in [4.78, 5) is 58.8. The van der Waals surface area contributed by atoms with Crippen LogP contribution in [-0.4, -0.2) is 82.3 Å². The topological polar surface area (TPSA) is 234 Å². The lowest BCUT2D eigenvalue weighted by Crippen LogP contribution is -2.58. The molecule has 0 aliphatic rings. The van der Waals surface area contributed by atoms with Gasteiger partial charge < -0.3 is 42.7 Å². The third-order valence-corrected chi connectivity index (χ3v) is 3.89. The molecule has 4 unspecified atom stereocenters. The molecule has 0 aliphatic carbocycles. The molecule has 0 aliphatic heterocycles. The molecule has 0 bridgehead atoms. The van der Waals surface area contributed by atoms with Crippen molar-refractivity contribution in [1.29, 1.82) is 0 Å². The molecule has 29 heavy (non-hydrogen) atoms. The van der Waals surface area contributed by atoms with Crippen molar-refractivity contribution >= 4 is 29.6 Å². The van der Waals surface area contributed by atoms with Crippen LogP contribution in [0.5, 0.6) is 0 Å². The average Bonchev–Trinajstić information content (AvgIpc) is 2.65. The molecule has 10 N–H and O–H groups in total. The van der Waals surface area contributed by atoms with Gasteiger partial charge in [0.25, 0.3) is 0 Å². The summed E-state index contributed by atoms with van der Waals surface area (Å²) in [6, 6.07) is -5.42. The van der Waals surface area contributed by atoms with Crippen LogP contribution in [0.15, 0.2) is 0 Å². The largest absolute Gasteiger partial charge is 0.480 e. The van der Waals surface area contributed by atoms with Crippen LogP contribution in [0.25, 0.3) is 0 Å². The van der Waals surface area contributed by atoms with Crippen LogP contribution in [0.2, 0.25) is 0 Å². The Morgan fingerprint density at radius 3 is 1.79 bits per heavy atom. The number of hydrogen-bond acceptors (Lipinski definition) is 8. The lowest BCUT2D eigenvalue weighted by atomic mass is 10.0. The lowest BCUT2D eigenvalue weighted by molar-refractivity contribution is -0.143. The molecule has 0 heterocycles. The molecule has 0 fully saturated rings. The second kappa shape index (κ2) is 12.6. The van der Waals surface area contributed by atoms with E-state index in [2.05, 4.69) is 16.0 Å². The Morgan fingerprint density at radius 1 is 0.862 bits per heavy atom. The van der Waals surface area contributed by atoms with Crippen LogP contribution in [0.1, 0.15) is 26.7 Å². The van der Waals surface area contributed by atoms with E-state index in [-0.39, 0.29) is 12.8 Å². The van der Waals surface area contributed by atoms with E-state index in [1.807, 2.05) is 0 Å². The summed E-state index contributed by atoms with van der Waals surface area (Å²) in [5, 5.41) is 34.0. The fourth-order valence-electron chi connectivity index (χ4n) is 2.15.